The Morgan fingerprint density at radius 1 is 0.492 bits per heavy atom. The van der Waals surface area contributed by atoms with Gasteiger partial charge in [-0.25, -0.2) is 9.83 Å². The molecular formula is C54H42N6S. The maximum Gasteiger partial charge on any atom is 0.238 e. The molecule has 61 heavy (non-hydrogen) atoms. The minimum atomic E-state index is -0.0272. The van der Waals surface area contributed by atoms with E-state index in [0.717, 1.165) is 60.4 Å². The number of rotatable bonds is 4. The summed E-state index contributed by atoms with van der Waals surface area (Å²) in [6.07, 6.45) is 0. The summed E-state index contributed by atoms with van der Waals surface area (Å²) >= 11 is 1.81. The van der Waals surface area contributed by atoms with Crippen LogP contribution in [-0.2, 0) is 10.8 Å². The van der Waals surface area contributed by atoms with Crippen molar-refractivity contribution in [2.75, 3.05) is 0 Å². The molecule has 7 heteroatoms. The molecule has 294 valence electrons. The molecule has 11 rings (SSSR count). The van der Waals surface area contributed by atoms with E-state index in [0.29, 0.717) is 23.3 Å². The Labute approximate surface area is 358 Å². The molecular weight excluding hydrogens is 765 g/mol. The van der Waals surface area contributed by atoms with E-state index in [2.05, 4.69) is 165 Å². The number of hydrogen-bond donors (Lipinski definition) is 0. The molecule has 4 aromatic heterocycles. The van der Waals surface area contributed by atoms with Gasteiger partial charge in [-0.2, -0.15) is 9.97 Å². The van der Waals surface area contributed by atoms with Crippen molar-refractivity contribution in [3.05, 3.63) is 168 Å². The SMILES string of the molecule is [C-]#[N+]c1cc(-c2nc(-c3ccccc3)nc(-n3c4ccc(C(C)(C)C)cc4c4cc(C(C)(C)C)ccc43)n2)ccc1-n1c2ccccc2c2ccc3sc4ccccc4c3c21. The van der Waals surface area contributed by atoms with Gasteiger partial charge < -0.3 is 4.57 Å². The van der Waals surface area contributed by atoms with Gasteiger partial charge in [0.2, 0.25) is 11.6 Å². The van der Waals surface area contributed by atoms with Gasteiger partial charge in [0.05, 0.1) is 34.3 Å². The quantitative estimate of drug-likeness (QED) is 0.166. The van der Waals surface area contributed by atoms with E-state index < -0.39 is 0 Å². The van der Waals surface area contributed by atoms with Crippen LogP contribution in [0.3, 0.4) is 0 Å². The zero-order chi connectivity index (χ0) is 41.8. The first-order chi connectivity index (χ1) is 29.5. The summed E-state index contributed by atoms with van der Waals surface area (Å²) in [6.45, 7) is 22.2. The van der Waals surface area contributed by atoms with Crippen molar-refractivity contribution in [1.82, 2.24) is 24.1 Å². The second kappa shape index (κ2) is 13.4. The lowest BCUT2D eigenvalue weighted by atomic mass is 9.85. The second-order valence-electron chi connectivity index (χ2n) is 18.0. The number of nitrogens with zero attached hydrogens (tertiary/aromatic N) is 6. The summed E-state index contributed by atoms with van der Waals surface area (Å²) in [4.78, 5) is 19.8. The van der Waals surface area contributed by atoms with Gasteiger partial charge in [0, 0.05) is 52.8 Å². The molecule has 0 amide bonds. The summed E-state index contributed by atoms with van der Waals surface area (Å²) < 4.78 is 6.93. The van der Waals surface area contributed by atoms with Crippen molar-refractivity contribution in [3.63, 3.8) is 0 Å². The summed E-state index contributed by atoms with van der Waals surface area (Å²) in [5, 5.41) is 7.07. The van der Waals surface area contributed by atoms with Crippen LogP contribution in [0.25, 0.3) is 103 Å². The van der Waals surface area contributed by atoms with Crippen LogP contribution in [-0.4, -0.2) is 24.1 Å². The Morgan fingerprint density at radius 3 is 1.77 bits per heavy atom. The molecule has 0 spiro atoms. The Hall–Kier alpha value is -7.14. The van der Waals surface area contributed by atoms with Crippen LogP contribution >= 0.6 is 11.3 Å². The van der Waals surface area contributed by atoms with Crippen LogP contribution in [0.2, 0.25) is 0 Å². The zero-order valence-corrected chi connectivity index (χ0v) is 35.8. The van der Waals surface area contributed by atoms with Crippen LogP contribution in [0.5, 0.6) is 0 Å². The van der Waals surface area contributed by atoms with Gasteiger partial charge in [-0.1, -0.05) is 133 Å². The van der Waals surface area contributed by atoms with Gasteiger partial charge in [0.25, 0.3) is 0 Å². The molecule has 0 radical (unpaired) electrons. The van der Waals surface area contributed by atoms with E-state index >= 15 is 0 Å². The van der Waals surface area contributed by atoms with Crippen molar-refractivity contribution in [2.24, 2.45) is 0 Å². The van der Waals surface area contributed by atoms with Gasteiger partial charge in [0.1, 0.15) is 0 Å². The first kappa shape index (κ1) is 36.9. The number of aromatic nitrogens is 5. The molecule has 6 nitrogen and oxygen atoms in total. The van der Waals surface area contributed by atoms with Gasteiger partial charge >= 0.3 is 0 Å². The third-order valence-corrected chi connectivity index (χ3v) is 13.3. The van der Waals surface area contributed by atoms with Crippen LogP contribution in [0, 0.1) is 6.57 Å². The lowest BCUT2D eigenvalue weighted by molar-refractivity contribution is 0.590. The first-order valence-corrected chi connectivity index (χ1v) is 21.5. The maximum absolute atomic E-state index is 8.62. The molecule has 0 bridgehead atoms. The lowest BCUT2D eigenvalue weighted by Crippen LogP contribution is -2.10. The summed E-state index contributed by atoms with van der Waals surface area (Å²) in [7, 11) is 0. The van der Waals surface area contributed by atoms with Crippen molar-refractivity contribution in [3.8, 4) is 34.4 Å². The molecule has 0 saturated heterocycles. The zero-order valence-electron chi connectivity index (χ0n) is 34.9. The third-order valence-electron chi connectivity index (χ3n) is 12.1. The summed E-state index contributed by atoms with van der Waals surface area (Å²) in [5.41, 5.74) is 9.67. The van der Waals surface area contributed by atoms with E-state index in [1.54, 1.807) is 11.3 Å². The van der Waals surface area contributed by atoms with Crippen LogP contribution in [0.15, 0.2) is 146 Å². The molecule has 0 N–H and O–H groups in total. The predicted molar refractivity (Wildman–Crippen MR) is 256 cm³/mol. The molecule has 0 aliphatic rings. The molecule has 0 atom stereocenters. The van der Waals surface area contributed by atoms with Crippen molar-refractivity contribution >= 4 is 80.8 Å². The van der Waals surface area contributed by atoms with E-state index in [1.165, 1.54) is 31.3 Å². The molecule has 0 aliphatic carbocycles. The Bertz CT molecular complexity index is 3550. The average Bonchev–Trinajstić information content (AvgIpc) is 3.93. The highest BCUT2D eigenvalue weighted by atomic mass is 32.1. The molecule has 0 aliphatic heterocycles. The Balaban J connectivity index is 1.16. The fourth-order valence-corrected chi connectivity index (χ4v) is 10.0. The Morgan fingerprint density at radius 2 is 1.10 bits per heavy atom. The molecule has 0 unspecified atom stereocenters. The van der Waals surface area contributed by atoms with Crippen molar-refractivity contribution in [2.45, 2.75) is 52.4 Å². The van der Waals surface area contributed by atoms with Crippen molar-refractivity contribution < 1.29 is 0 Å². The lowest BCUT2D eigenvalue weighted by Gasteiger charge is -2.19. The van der Waals surface area contributed by atoms with E-state index in [1.807, 2.05) is 36.4 Å². The van der Waals surface area contributed by atoms with Crippen LogP contribution in [0.1, 0.15) is 52.7 Å². The second-order valence-corrected chi connectivity index (χ2v) is 19.1. The third kappa shape index (κ3) is 5.85. The highest BCUT2D eigenvalue weighted by Crippen LogP contribution is 2.45. The summed E-state index contributed by atoms with van der Waals surface area (Å²) in [6, 6.07) is 51.3. The van der Waals surface area contributed by atoms with E-state index in [9.17, 15) is 0 Å². The standard InChI is InChI=1S/C54H42N6S/c1-53(2,3)34-22-26-43-39(30-34)40-31-35(54(4,5)6)23-27-44(40)60(43)52-57-50(32-15-9-8-10-16-32)56-51(58-52)33-21-25-45(41(29-33)55-7)59-42-19-13-11-17-36(42)37-24-28-47-48(49(37)59)38-18-12-14-20-46(38)61-47/h8-31H,1-6H3. The number of thiophene rings is 1. The fourth-order valence-electron chi connectivity index (χ4n) is 8.94. The number of benzene rings is 7. The van der Waals surface area contributed by atoms with E-state index in [4.69, 9.17) is 21.5 Å². The minimum Gasteiger partial charge on any atom is -0.318 e. The van der Waals surface area contributed by atoms with Gasteiger partial charge in [0.15, 0.2) is 11.6 Å². The molecule has 0 saturated carbocycles. The highest BCUT2D eigenvalue weighted by Gasteiger charge is 2.24. The smallest absolute Gasteiger partial charge is 0.238 e. The maximum atomic E-state index is 8.62. The average molecular weight is 807 g/mol. The first-order valence-electron chi connectivity index (χ1n) is 20.7. The van der Waals surface area contributed by atoms with Crippen molar-refractivity contribution in [1.29, 1.82) is 0 Å². The topological polar surface area (TPSA) is 52.9 Å². The van der Waals surface area contributed by atoms with Gasteiger partial charge in [-0.05, 0) is 76.6 Å². The summed E-state index contributed by atoms with van der Waals surface area (Å²) in [5.74, 6) is 1.59. The molecule has 4 heterocycles. The van der Waals surface area contributed by atoms with Crippen LogP contribution < -0.4 is 0 Å². The highest BCUT2D eigenvalue weighted by molar-refractivity contribution is 7.26. The number of para-hydroxylation sites is 1. The number of fused-ring (bicyclic) bond motifs is 10. The number of hydrogen-bond acceptors (Lipinski definition) is 4. The van der Waals surface area contributed by atoms with Gasteiger partial charge in [-0.15, -0.1) is 11.3 Å². The molecule has 7 aromatic carbocycles. The minimum absolute atomic E-state index is 0.0272. The van der Waals surface area contributed by atoms with E-state index in [-0.39, 0.29) is 10.8 Å². The largest absolute Gasteiger partial charge is 0.318 e. The predicted octanol–water partition coefficient (Wildman–Crippen LogP) is 14.9. The Kier molecular flexibility index (Phi) is 8.13. The monoisotopic (exact) mass is 806 g/mol. The van der Waals surface area contributed by atoms with Crippen LogP contribution in [0.4, 0.5) is 5.69 Å². The molecule has 11 aromatic rings. The fraction of sp³-hybridized carbons (Fsp3) is 0.148. The molecule has 0 fully saturated rings. The normalized spacial score (nSPS) is 12.4. The van der Waals surface area contributed by atoms with Gasteiger partial charge in [-0.3, -0.25) is 4.57 Å².